The number of carbonyl (C=O) groups excluding carboxylic acids is 2. The maximum absolute atomic E-state index is 11.3. The molecule has 0 unspecified atom stereocenters. The minimum absolute atomic E-state index is 0.0329. The van der Waals surface area contributed by atoms with Crippen LogP contribution < -0.4 is 16.4 Å². The highest BCUT2D eigenvalue weighted by molar-refractivity contribution is 5.87. The van der Waals surface area contributed by atoms with Gasteiger partial charge in [-0.15, -0.1) is 0 Å². The average molecular weight is 217 g/mol. The molecular formula is C9H19N3O3. The summed E-state index contributed by atoms with van der Waals surface area (Å²) in [5, 5.41) is 13.3. The second kappa shape index (κ2) is 7.19. The fourth-order valence-electron chi connectivity index (χ4n) is 0.846. The Bertz CT molecular complexity index is 219. The Morgan fingerprint density at radius 3 is 2.40 bits per heavy atom. The van der Waals surface area contributed by atoms with E-state index in [4.69, 9.17) is 10.8 Å². The van der Waals surface area contributed by atoms with E-state index in [2.05, 4.69) is 10.6 Å². The number of carbonyl (C=O) groups is 2. The molecule has 15 heavy (non-hydrogen) atoms. The van der Waals surface area contributed by atoms with Crippen LogP contribution in [-0.2, 0) is 9.59 Å². The molecule has 0 fully saturated rings. The van der Waals surface area contributed by atoms with Gasteiger partial charge in [-0.2, -0.15) is 0 Å². The second-order valence-electron chi connectivity index (χ2n) is 3.56. The van der Waals surface area contributed by atoms with Crippen molar-refractivity contribution in [1.29, 1.82) is 0 Å². The number of rotatable bonds is 6. The summed E-state index contributed by atoms with van der Waals surface area (Å²) in [6.07, 6.45) is 0. The molecule has 0 aliphatic heterocycles. The van der Waals surface area contributed by atoms with Crippen molar-refractivity contribution >= 4 is 11.8 Å². The Kier molecular flexibility index (Phi) is 6.64. The standard InChI is InChI=1S/C9H19N3O3/c1-6(2)8(10)9(15)12-5-7(14)11-3-4-13/h6,8,13H,3-5,10H2,1-2H3,(H,11,14)(H,12,15)/t8-/m0/s1. The summed E-state index contributed by atoms with van der Waals surface area (Å²) >= 11 is 0. The second-order valence-corrected chi connectivity index (χ2v) is 3.56. The smallest absolute Gasteiger partial charge is 0.239 e. The lowest BCUT2D eigenvalue weighted by atomic mass is 10.1. The first-order valence-corrected chi connectivity index (χ1v) is 4.90. The van der Waals surface area contributed by atoms with Crippen molar-refractivity contribution in [2.45, 2.75) is 19.9 Å². The van der Waals surface area contributed by atoms with E-state index in [1.54, 1.807) is 0 Å². The van der Waals surface area contributed by atoms with E-state index in [9.17, 15) is 9.59 Å². The van der Waals surface area contributed by atoms with Gasteiger partial charge in [0.1, 0.15) is 0 Å². The molecule has 0 rings (SSSR count). The summed E-state index contributed by atoms with van der Waals surface area (Å²) in [5.74, 6) is -0.650. The van der Waals surface area contributed by atoms with E-state index in [0.29, 0.717) is 0 Å². The van der Waals surface area contributed by atoms with Gasteiger partial charge in [-0.25, -0.2) is 0 Å². The molecule has 6 nitrogen and oxygen atoms in total. The molecule has 6 heteroatoms. The minimum atomic E-state index is -0.601. The summed E-state index contributed by atoms with van der Waals surface area (Å²) in [5.41, 5.74) is 5.56. The predicted octanol–water partition coefficient (Wildman–Crippen LogP) is -1.81. The first-order chi connectivity index (χ1) is 6.99. The zero-order valence-corrected chi connectivity index (χ0v) is 9.12. The van der Waals surface area contributed by atoms with Crippen molar-refractivity contribution in [3.8, 4) is 0 Å². The predicted molar refractivity (Wildman–Crippen MR) is 55.9 cm³/mol. The number of amides is 2. The maximum Gasteiger partial charge on any atom is 0.239 e. The van der Waals surface area contributed by atoms with Crippen LogP contribution >= 0.6 is 0 Å². The van der Waals surface area contributed by atoms with E-state index in [1.165, 1.54) is 0 Å². The lowest BCUT2D eigenvalue weighted by Gasteiger charge is -2.14. The van der Waals surface area contributed by atoms with Crippen LogP contribution in [0.3, 0.4) is 0 Å². The molecule has 0 bridgehead atoms. The molecule has 0 spiro atoms. The lowest BCUT2D eigenvalue weighted by Crippen LogP contribution is -2.47. The molecule has 1 atom stereocenters. The van der Waals surface area contributed by atoms with E-state index in [0.717, 1.165) is 0 Å². The number of nitrogens with one attached hydrogen (secondary N) is 2. The Morgan fingerprint density at radius 2 is 1.93 bits per heavy atom. The summed E-state index contributed by atoms with van der Waals surface area (Å²) in [6, 6.07) is -0.601. The molecule has 0 heterocycles. The largest absolute Gasteiger partial charge is 0.395 e. The summed E-state index contributed by atoms with van der Waals surface area (Å²) in [4.78, 5) is 22.3. The van der Waals surface area contributed by atoms with E-state index in [-0.39, 0.29) is 37.4 Å². The van der Waals surface area contributed by atoms with Gasteiger partial charge in [0.2, 0.25) is 11.8 Å². The third kappa shape index (κ3) is 6.03. The molecule has 2 amide bonds. The third-order valence-electron chi connectivity index (χ3n) is 1.88. The van der Waals surface area contributed by atoms with Gasteiger partial charge in [0.25, 0.3) is 0 Å². The highest BCUT2D eigenvalue weighted by Gasteiger charge is 2.17. The fourth-order valence-corrected chi connectivity index (χ4v) is 0.846. The molecule has 0 saturated heterocycles. The molecule has 0 aromatic carbocycles. The van der Waals surface area contributed by atoms with Crippen molar-refractivity contribution in [3.05, 3.63) is 0 Å². The summed E-state index contributed by atoms with van der Waals surface area (Å²) < 4.78 is 0. The number of hydrogen-bond acceptors (Lipinski definition) is 4. The van der Waals surface area contributed by atoms with Crippen LogP contribution in [0.5, 0.6) is 0 Å². The van der Waals surface area contributed by atoms with E-state index >= 15 is 0 Å². The van der Waals surface area contributed by atoms with Crippen LogP contribution in [0.25, 0.3) is 0 Å². The van der Waals surface area contributed by atoms with Crippen molar-refractivity contribution in [2.24, 2.45) is 11.7 Å². The minimum Gasteiger partial charge on any atom is -0.395 e. The van der Waals surface area contributed by atoms with E-state index < -0.39 is 6.04 Å². The molecule has 0 saturated carbocycles. The molecular weight excluding hydrogens is 198 g/mol. The van der Waals surface area contributed by atoms with Gasteiger partial charge < -0.3 is 21.5 Å². The van der Waals surface area contributed by atoms with E-state index in [1.807, 2.05) is 13.8 Å². The summed E-state index contributed by atoms with van der Waals surface area (Å²) in [7, 11) is 0. The number of hydrogen-bond donors (Lipinski definition) is 4. The van der Waals surface area contributed by atoms with Crippen LogP contribution in [0, 0.1) is 5.92 Å². The fraction of sp³-hybridized carbons (Fsp3) is 0.778. The topological polar surface area (TPSA) is 104 Å². The van der Waals surface area contributed by atoms with Gasteiger partial charge in [-0.05, 0) is 5.92 Å². The third-order valence-corrected chi connectivity index (χ3v) is 1.88. The van der Waals surface area contributed by atoms with Crippen molar-refractivity contribution in [1.82, 2.24) is 10.6 Å². The van der Waals surface area contributed by atoms with Crippen LogP contribution in [0.15, 0.2) is 0 Å². The Morgan fingerprint density at radius 1 is 1.33 bits per heavy atom. The molecule has 88 valence electrons. The average Bonchev–Trinajstić information content (AvgIpc) is 2.21. The van der Waals surface area contributed by atoms with Crippen LogP contribution in [0.4, 0.5) is 0 Å². The van der Waals surface area contributed by atoms with Gasteiger partial charge in [-0.3, -0.25) is 9.59 Å². The SMILES string of the molecule is CC(C)[C@H](N)C(=O)NCC(=O)NCCO. The van der Waals surface area contributed by atoms with Crippen LogP contribution in [-0.4, -0.2) is 42.7 Å². The molecule has 0 aromatic rings. The monoisotopic (exact) mass is 217 g/mol. The first kappa shape index (κ1) is 13.9. The Labute approximate surface area is 89.2 Å². The van der Waals surface area contributed by atoms with Crippen molar-refractivity contribution < 1.29 is 14.7 Å². The molecule has 5 N–H and O–H groups in total. The molecule has 0 radical (unpaired) electrons. The molecule has 0 aliphatic rings. The number of aliphatic hydroxyl groups is 1. The molecule has 0 aliphatic carbocycles. The van der Waals surface area contributed by atoms with Crippen LogP contribution in [0.2, 0.25) is 0 Å². The normalized spacial score (nSPS) is 12.3. The summed E-state index contributed by atoms with van der Waals surface area (Å²) in [6.45, 7) is 3.61. The maximum atomic E-state index is 11.3. The Hall–Kier alpha value is -1.14. The van der Waals surface area contributed by atoms with Gasteiger partial charge in [0.05, 0.1) is 19.2 Å². The number of aliphatic hydroxyl groups excluding tert-OH is 1. The zero-order valence-electron chi connectivity index (χ0n) is 9.12. The molecule has 0 aromatic heterocycles. The highest BCUT2D eigenvalue weighted by Crippen LogP contribution is 1.97. The number of nitrogens with two attached hydrogens (primary N) is 1. The van der Waals surface area contributed by atoms with Crippen molar-refractivity contribution in [3.63, 3.8) is 0 Å². The van der Waals surface area contributed by atoms with Gasteiger partial charge in [-0.1, -0.05) is 13.8 Å². The van der Waals surface area contributed by atoms with Gasteiger partial charge in [0, 0.05) is 6.54 Å². The van der Waals surface area contributed by atoms with Gasteiger partial charge in [0.15, 0.2) is 0 Å². The van der Waals surface area contributed by atoms with Gasteiger partial charge >= 0.3 is 0 Å². The van der Waals surface area contributed by atoms with Crippen LogP contribution in [0.1, 0.15) is 13.8 Å². The first-order valence-electron chi connectivity index (χ1n) is 4.90. The Balaban J connectivity index is 3.75. The highest BCUT2D eigenvalue weighted by atomic mass is 16.3. The zero-order chi connectivity index (χ0) is 11.8. The lowest BCUT2D eigenvalue weighted by molar-refractivity contribution is -0.127. The van der Waals surface area contributed by atoms with Crippen molar-refractivity contribution in [2.75, 3.05) is 19.7 Å². The quantitative estimate of drug-likeness (QED) is 0.421.